The molecule has 2 N–H and O–H groups in total. The maximum Gasteiger partial charge on any atom is 0.226 e. The summed E-state index contributed by atoms with van der Waals surface area (Å²) in [5, 5.41) is 5.80. The summed E-state index contributed by atoms with van der Waals surface area (Å²) in [6.07, 6.45) is 0.279. The Morgan fingerprint density at radius 2 is 1.76 bits per heavy atom. The molecule has 0 aliphatic heterocycles. The number of hydrogen-bond acceptors (Lipinski definition) is 2. The average molecular weight is 286 g/mol. The Labute approximate surface area is 124 Å². The van der Waals surface area contributed by atoms with E-state index in [1.54, 1.807) is 18.2 Å². The minimum atomic E-state index is -0.423. The van der Waals surface area contributed by atoms with Crippen LogP contribution in [0.3, 0.4) is 0 Å². The monoisotopic (exact) mass is 286 g/mol. The topological polar surface area (TPSA) is 41.1 Å². The summed E-state index contributed by atoms with van der Waals surface area (Å²) in [6.45, 7) is 4.59. The van der Waals surface area contributed by atoms with E-state index in [-0.39, 0.29) is 18.0 Å². The summed E-state index contributed by atoms with van der Waals surface area (Å²) in [5.74, 6) is -0.633. The molecule has 2 aromatic rings. The van der Waals surface area contributed by atoms with Gasteiger partial charge >= 0.3 is 0 Å². The van der Waals surface area contributed by atoms with Gasteiger partial charge < -0.3 is 10.6 Å². The predicted molar refractivity (Wildman–Crippen MR) is 84.1 cm³/mol. The molecule has 3 nitrogen and oxygen atoms in total. The number of anilines is 2. The van der Waals surface area contributed by atoms with Crippen LogP contribution in [0.15, 0.2) is 42.5 Å². The molecule has 2 aromatic carbocycles. The molecule has 0 unspecified atom stereocenters. The van der Waals surface area contributed by atoms with E-state index >= 15 is 0 Å². The minimum Gasteiger partial charge on any atom is -0.384 e. The zero-order valence-corrected chi connectivity index (χ0v) is 12.2. The number of hydrogen-bond donors (Lipinski definition) is 2. The SMILES string of the molecule is Cc1cccc(NCCC(=O)Nc2ccccc2F)c1C. The Bertz CT molecular complexity index is 640. The molecule has 0 saturated heterocycles. The lowest BCUT2D eigenvalue weighted by molar-refractivity contribution is -0.116. The molecule has 0 aromatic heterocycles. The fourth-order valence-electron chi connectivity index (χ4n) is 2.03. The Balaban J connectivity index is 1.85. The molecule has 0 atom stereocenters. The molecular weight excluding hydrogens is 267 g/mol. The number of halogens is 1. The summed E-state index contributed by atoms with van der Waals surface area (Å²) >= 11 is 0. The average Bonchev–Trinajstić information content (AvgIpc) is 2.46. The zero-order chi connectivity index (χ0) is 15.2. The highest BCUT2D eigenvalue weighted by molar-refractivity contribution is 5.91. The standard InChI is InChI=1S/C17H19FN2O/c1-12-6-5-9-15(13(12)2)19-11-10-17(21)20-16-8-4-3-7-14(16)18/h3-9,19H,10-11H2,1-2H3,(H,20,21). The Hall–Kier alpha value is -2.36. The number of rotatable bonds is 5. The van der Waals surface area contributed by atoms with Gasteiger partial charge in [-0.3, -0.25) is 4.79 Å². The smallest absolute Gasteiger partial charge is 0.226 e. The molecule has 0 radical (unpaired) electrons. The maximum atomic E-state index is 13.4. The second-order valence-electron chi connectivity index (χ2n) is 4.95. The largest absolute Gasteiger partial charge is 0.384 e. The molecule has 4 heteroatoms. The molecule has 0 saturated carbocycles. The second kappa shape index (κ2) is 6.88. The van der Waals surface area contributed by atoms with E-state index < -0.39 is 5.82 Å². The van der Waals surface area contributed by atoms with Crippen LogP contribution in [0.25, 0.3) is 0 Å². The zero-order valence-electron chi connectivity index (χ0n) is 12.2. The lowest BCUT2D eigenvalue weighted by Crippen LogP contribution is -2.17. The molecule has 0 bridgehead atoms. The van der Waals surface area contributed by atoms with Crippen LogP contribution in [0.4, 0.5) is 15.8 Å². The van der Waals surface area contributed by atoms with Crippen LogP contribution in [0.1, 0.15) is 17.5 Å². The first-order valence-electron chi connectivity index (χ1n) is 6.92. The van der Waals surface area contributed by atoms with Crippen LogP contribution in [0, 0.1) is 19.7 Å². The molecule has 1 amide bonds. The van der Waals surface area contributed by atoms with Crippen LogP contribution >= 0.6 is 0 Å². The van der Waals surface area contributed by atoms with E-state index in [2.05, 4.69) is 10.6 Å². The summed E-state index contributed by atoms with van der Waals surface area (Å²) in [7, 11) is 0. The van der Waals surface area contributed by atoms with Gasteiger partial charge in [0.25, 0.3) is 0 Å². The number of carbonyl (C=O) groups excluding carboxylic acids is 1. The number of benzene rings is 2. The quantitative estimate of drug-likeness (QED) is 0.875. The Morgan fingerprint density at radius 3 is 2.52 bits per heavy atom. The number of nitrogens with one attached hydrogen (secondary N) is 2. The van der Waals surface area contributed by atoms with Gasteiger partial charge in [0.1, 0.15) is 5.82 Å². The van der Waals surface area contributed by atoms with Crippen LogP contribution in [0.5, 0.6) is 0 Å². The van der Waals surface area contributed by atoms with Crippen LogP contribution < -0.4 is 10.6 Å². The van der Waals surface area contributed by atoms with Gasteiger partial charge in [-0.05, 0) is 43.2 Å². The van der Waals surface area contributed by atoms with Gasteiger partial charge in [-0.25, -0.2) is 4.39 Å². The summed E-state index contributed by atoms with van der Waals surface area (Å²) in [6, 6.07) is 12.2. The van der Waals surface area contributed by atoms with Crippen molar-refractivity contribution in [3.8, 4) is 0 Å². The molecule has 0 spiro atoms. The molecule has 0 aliphatic carbocycles. The lowest BCUT2D eigenvalue weighted by Gasteiger charge is -2.11. The summed E-state index contributed by atoms with van der Waals surface area (Å²) < 4.78 is 13.4. The third-order valence-corrected chi connectivity index (χ3v) is 3.42. The lowest BCUT2D eigenvalue weighted by atomic mass is 10.1. The summed E-state index contributed by atoms with van der Waals surface area (Å²) in [5.41, 5.74) is 3.62. The molecule has 2 rings (SSSR count). The normalized spacial score (nSPS) is 10.2. The first-order valence-corrected chi connectivity index (χ1v) is 6.92. The maximum absolute atomic E-state index is 13.4. The van der Waals surface area contributed by atoms with Crippen molar-refractivity contribution in [3.05, 3.63) is 59.4 Å². The molecule has 0 heterocycles. The van der Waals surface area contributed by atoms with Gasteiger partial charge in [0.05, 0.1) is 5.69 Å². The van der Waals surface area contributed by atoms with E-state index in [9.17, 15) is 9.18 Å². The highest BCUT2D eigenvalue weighted by Gasteiger charge is 2.06. The van der Waals surface area contributed by atoms with Crippen molar-refractivity contribution < 1.29 is 9.18 Å². The van der Waals surface area contributed by atoms with Gasteiger partial charge in [-0.15, -0.1) is 0 Å². The van der Waals surface area contributed by atoms with Gasteiger partial charge in [-0.2, -0.15) is 0 Å². The third-order valence-electron chi connectivity index (χ3n) is 3.42. The van der Waals surface area contributed by atoms with Crippen LogP contribution in [-0.4, -0.2) is 12.5 Å². The van der Waals surface area contributed by atoms with Crippen LogP contribution in [0.2, 0.25) is 0 Å². The Kier molecular flexibility index (Phi) is 4.93. The molecule has 110 valence electrons. The number of para-hydroxylation sites is 1. The van der Waals surface area contributed by atoms with Gasteiger partial charge in [0.2, 0.25) is 5.91 Å². The van der Waals surface area contributed by atoms with Crippen molar-refractivity contribution >= 4 is 17.3 Å². The highest BCUT2D eigenvalue weighted by Crippen LogP contribution is 2.18. The van der Waals surface area contributed by atoms with E-state index in [0.29, 0.717) is 6.54 Å². The minimum absolute atomic E-state index is 0.210. The molecule has 0 fully saturated rings. The summed E-state index contributed by atoms with van der Waals surface area (Å²) in [4.78, 5) is 11.8. The van der Waals surface area contributed by atoms with Crippen LogP contribution in [-0.2, 0) is 4.79 Å². The van der Waals surface area contributed by atoms with Gasteiger partial charge in [0.15, 0.2) is 0 Å². The number of aryl methyl sites for hydroxylation is 1. The Morgan fingerprint density at radius 1 is 1.05 bits per heavy atom. The first-order chi connectivity index (χ1) is 10.1. The molecular formula is C17H19FN2O. The van der Waals surface area contributed by atoms with Gasteiger partial charge in [0, 0.05) is 18.7 Å². The number of carbonyl (C=O) groups is 1. The van der Waals surface area contributed by atoms with E-state index in [1.165, 1.54) is 17.2 Å². The van der Waals surface area contributed by atoms with E-state index in [4.69, 9.17) is 0 Å². The highest BCUT2D eigenvalue weighted by atomic mass is 19.1. The fourth-order valence-corrected chi connectivity index (χ4v) is 2.03. The molecule has 0 aliphatic rings. The third kappa shape index (κ3) is 4.05. The van der Waals surface area contributed by atoms with Crippen molar-refractivity contribution in [2.75, 3.05) is 17.2 Å². The van der Waals surface area contributed by atoms with Crippen molar-refractivity contribution in [1.29, 1.82) is 0 Å². The predicted octanol–water partition coefficient (Wildman–Crippen LogP) is 3.88. The second-order valence-corrected chi connectivity index (χ2v) is 4.95. The van der Waals surface area contributed by atoms with Gasteiger partial charge in [-0.1, -0.05) is 24.3 Å². The van der Waals surface area contributed by atoms with Crippen molar-refractivity contribution in [3.63, 3.8) is 0 Å². The van der Waals surface area contributed by atoms with E-state index in [1.807, 2.05) is 32.0 Å². The number of amides is 1. The van der Waals surface area contributed by atoms with Crippen molar-refractivity contribution in [2.24, 2.45) is 0 Å². The van der Waals surface area contributed by atoms with Crippen molar-refractivity contribution in [1.82, 2.24) is 0 Å². The van der Waals surface area contributed by atoms with Crippen molar-refractivity contribution in [2.45, 2.75) is 20.3 Å². The fraction of sp³-hybridized carbons (Fsp3) is 0.235. The van der Waals surface area contributed by atoms with E-state index in [0.717, 1.165) is 5.69 Å². The molecule has 21 heavy (non-hydrogen) atoms. The first kappa shape index (κ1) is 15.0.